The highest BCUT2D eigenvalue weighted by molar-refractivity contribution is 7.12. The van der Waals surface area contributed by atoms with Gasteiger partial charge in [-0.25, -0.2) is 9.69 Å². The molecule has 2 aromatic heterocycles. The van der Waals surface area contributed by atoms with E-state index in [0.717, 1.165) is 9.78 Å². The Morgan fingerprint density at radius 3 is 2.48 bits per heavy atom. The molecule has 0 saturated carbocycles. The molecule has 27 heavy (non-hydrogen) atoms. The standard InChI is InChI=1S/C20H21NO4S2/c1-20(2,3)25-19(24)21-14(8-9-18(21)23)13(16-6-4-10-26-16)12-15(22)17-7-5-11-27-17/h4-11,13-14H,12H2,1-3H3/t13-,14+/m1/s1. The first kappa shape index (κ1) is 19.5. The monoisotopic (exact) mass is 403 g/mol. The zero-order chi connectivity index (χ0) is 19.6. The molecule has 1 aliphatic rings. The van der Waals surface area contributed by atoms with Gasteiger partial charge in [0.1, 0.15) is 5.60 Å². The Morgan fingerprint density at radius 2 is 1.89 bits per heavy atom. The summed E-state index contributed by atoms with van der Waals surface area (Å²) >= 11 is 2.90. The Labute approximate surface area is 166 Å². The van der Waals surface area contributed by atoms with E-state index in [2.05, 4.69) is 0 Å². The number of hydrogen-bond donors (Lipinski definition) is 0. The molecule has 0 saturated heterocycles. The molecule has 0 aromatic carbocycles. The van der Waals surface area contributed by atoms with Gasteiger partial charge in [-0.1, -0.05) is 18.2 Å². The van der Waals surface area contributed by atoms with Gasteiger partial charge in [-0.15, -0.1) is 22.7 Å². The van der Waals surface area contributed by atoms with Crippen molar-refractivity contribution in [1.82, 2.24) is 4.90 Å². The molecule has 0 N–H and O–H groups in total. The number of rotatable bonds is 5. The number of carbonyl (C=O) groups excluding carboxylic acids is 3. The zero-order valence-corrected chi connectivity index (χ0v) is 17.0. The third-order valence-corrected chi connectivity index (χ3v) is 6.00. The zero-order valence-electron chi connectivity index (χ0n) is 15.4. The number of imide groups is 1. The molecule has 2 atom stereocenters. The van der Waals surface area contributed by atoms with Crippen LogP contribution in [0.15, 0.2) is 47.2 Å². The lowest BCUT2D eigenvalue weighted by molar-refractivity contribution is -0.125. The van der Waals surface area contributed by atoms with Crippen LogP contribution in [-0.4, -0.2) is 34.3 Å². The van der Waals surface area contributed by atoms with Gasteiger partial charge in [0.2, 0.25) is 0 Å². The third-order valence-electron chi connectivity index (χ3n) is 4.08. The van der Waals surface area contributed by atoms with E-state index in [1.807, 2.05) is 29.0 Å². The van der Waals surface area contributed by atoms with Gasteiger partial charge in [0.25, 0.3) is 5.91 Å². The van der Waals surface area contributed by atoms with Gasteiger partial charge in [0.15, 0.2) is 5.78 Å². The Kier molecular flexibility index (Phi) is 5.62. The molecule has 3 heterocycles. The first-order valence-corrected chi connectivity index (χ1v) is 10.4. The van der Waals surface area contributed by atoms with Gasteiger partial charge in [0.05, 0.1) is 10.9 Å². The van der Waals surface area contributed by atoms with Crippen molar-refractivity contribution in [3.8, 4) is 0 Å². The summed E-state index contributed by atoms with van der Waals surface area (Å²) in [7, 11) is 0. The molecule has 5 nitrogen and oxygen atoms in total. The van der Waals surface area contributed by atoms with Crippen molar-refractivity contribution in [2.24, 2.45) is 0 Å². The maximum atomic E-state index is 12.7. The van der Waals surface area contributed by atoms with E-state index in [4.69, 9.17) is 4.74 Å². The number of Topliss-reactive ketones (excluding diaryl/α,β-unsaturated/α-hetero) is 1. The topological polar surface area (TPSA) is 63.7 Å². The lowest BCUT2D eigenvalue weighted by atomic mass is 9.91. The predicted octanol–water partition coefficient (Wildman–Crippen LogP) is 4.87. The molecule has 142 valence electrons. The Hall–Kier alpha value is -2.25. The van der Waals surface area contributed by atoms with E-state index in [1.165, 1.54) is 28.7 Å². The summed E-state index contributed by atoms with van der Waals surface area (Å²) in [5, 5.41) is 3.79. The van der Waals surface area contributed by atoms with Gasteiger partial charge >= 0.3 is 6.09 Å². The van der Waals surface area contributed by atoms with Crippen LogP contribution >= 0.6 is 22.7 Å². The number of thiophene rings is 2. The summed E-state index contributed by atoms with van der Waals surface area (Å²) in [4.78, 5) is 40.5. The van der Waals surface area contributed by atoms with Crippen LogP contribution in [0.25, 0.3) is 0 Å². The molecule has 0 radical (unpaired) electrons. The molecule has 0 spiro atoms. The third kappa shape index (κ3) is 4.54. The smallest absolute Gasteiger partial charge is 0.417 e. The minimum absolute atomic E-state index is 0.000266. The average Bonchev–Trinajstić information content (AvgIpc) is 3.32. The predicted molar refractivity (Wildman–Crippen MR) is 106 cm³/mol. The van der Waals surface area contributed by atoms with Crippen molar-refractivity contribution in [3.63, 3.8) is 0 Å². The van der Waals surface area contributed by atoms with Gasteiger partial charge in [-0.05, 0) is 43.7 Å². The van der Waals surface area contributed by atoms with Gasteiger partial charge < -0.3 is 4.74 Å². The van der Waals surface area contributed by atoms with Crippen molar-refractivity contribution in [2.45, 2.75) is 44.8 Å². The highest BCUT2D eigenvalue weighted by atomic mass is 32.1. The summed E-state index contributed by atoms with van der Waals surface area (Å²) in [5.74, 6) is -0.727. The molecule has 2 amide bonds. The summed E-state index contributed by atoms with van der Waals surface area (Å²) in [6, 6.07) is 6.92. The minimum atomic E-state index is -0.713. The fourth-order valence-corrected chi connectivity index (χ4v) is 4.51. The van der Waals surface area contributed by atoms with Crippen LogP contribution in [0.2, 0.25) is 0 Å². The van der Waals surface area contributed by atoms with Crippen LogP contribution in [0.5, 0.6) is 0 Å². The molecule has 0 fully saturated rings. The largest absolute Gasteiger partial charge is 0.443 e. The second kappa shape index (κ2) is 7.78. The van der Waals surface area contributed by atoms with Crippen LogP contribution in [0.3, 0.4) is 0 Å². The number of carbonyl (C=O) groups is 3. The molecule has 2 aromatic rings. The van der Waals surface area contributed by atoms with Gasteiger partial charge in [-0.2, -0.15) is 0 Å². The molecule has 1 aliphatic heterocycles. The molecule has 0 unspecified atom stereocenters. The normalized spacial score (nSPS) is 18.0. The van der Waals surface area contributed by atoms with Crippen molar-refractivity contribution in [1.29, 1.82) is 0 Å². The quantitative estimate of drug-likeness (QED) is 0.668. The number of ether oxygens (including phenoxy) is 1. The Balaban J connectivity index is 1.88. The lowest BCUT2D eigenvalue weighted by Crippen LogP contribution is -2.45. The van der Waals surface area contributed by atoms with Crippen LogP contribution in [0, 0.1) is 0 Å². The molecule has 3 rings (SSSR count). The molecule has 0 bridgehead atoms. The molecular weight excluding hydrogens is 382 g/mol. The fourth-order valence-electron chi connectivity index (χ4n) is 2.96. The molecule has 7 heteroatoms. The molecule has 0 aliphatic carbocycles. The van der Waals surface area contributed by atoms with E-state index in [-0.39, 0.29) is 18.1 Å². The van der Waals surface area contributed by atoms with Crippen LogP contribution in [0.1, 0.15) is 47.7 Å². The van der Waals surface area contributed by atoms with Crippen LogP contribution in [-0.2, 0) is 9.53 Å². The van der Waals surface area contributed by atoms with Crippen molar-refractivity contribution >= 4 is 40.5 Å². The van der Waals surface area contributed by atoms with Gasteiger partial charge in [-0.3, -0.25) is 9.59 Å². The second-order valence-electron chi connectivity index (χ2n) is 7.26. The lowest BCUT2D eigenvalue weighted by Gasteiger charge is -2.31. The summed E-state index contributed by atoms with van der Waals surface area (Å²) in [6.07, 6.45) is 2.60. The van der Waals surface area contributed by atoms with E-state index < -0.39 is 23.6 Å². The highest BCUT2D eigenvalue weighted by Gasteiger charge is 2.40. The molecular formula is C20H21NO4S2. The maximum absolute atomic E-state index is 12.7. The van der Waals surface area contributed by atoms with Crippen molar-refractivity contribution in [2.75, 3.05) is 0 Å². The van der Waals surface area contributed by atoms with E-state index in [9.17, 15) is 14.4 Å². The first-order valence-electron chi connectivity index (χ1n) is 8.61. The average molecular weight is 404 g/mol. The Bertz CT molecular complexity index is 847. The number of hydrogen-bond acceptors (Lipinski definition) is 6. The first-order chi connectivity index (χ1) is 12.8. The van der Waals surface area contributed by atoms with Crippen molar-refractivity contribution < 1.29 is 19.1 Å². The van der Waals surface area contributed by atoms with Crippen LogP contribution < -0.4 is 0 Å². The van der Waals surface area contributed by atoms with Gasteiger partial charge in [0, 0.05) is 23.3 Å². The number of nitrogens with zero attached hydrogens (tertiary/aromatic N) is 1. The number of ketones is 1. The summed E-state index contributed by atoms with van der Waals surface area (Å²) in [6.45, 7) is 5.26. The van der Waals surface area contributed by atoms with E-state index in [0.29, 0.717) is 4.88 Å². The van der Waals surface area contributed by atoms with Crippen LogP contribution in [0.4, 0.5) is 4.79 Å². The fraction of sp³-hybridized carbons (Fsp3) is 0.350. The number of amides is 2. The SMILES string of the molecule is CC(C)(C)OC(=O)N1C(=O)C=C[C@H]1[C@@H](CC(=O)c1cccs1)c1cccs1. The van der Waals surface area contributed by atoms with E-state index in [1.54, 1.807) is 32.9 Å². The van der Waals surface area contributed by atoms with E-state index >= 15 is 0 Å². The highest BCUT2D eigenvalue weighted by Crippen LogP contribution is 2.35. The Morgan fingerprint density at radius 1 is 1.19 bits per heavy atom. The summed E-state index contributed by atoms with van der Waals surface area (Å²) in [5.41, 5.74) is -0.713. The second-order valence-corrected chi connectivity index (χ2v) is 9.19. The maximum Gasteiger partial charge on any atom is 0.417 e. The van der Waals surface area contributed by atoms with Crippen molar-refractivity contribution in [3.05, 3.63) is 56.9 Å². The minimum Gasteiger partial charge on any atom is -0.443 e. The summed E-state index contributed by atoms with van der Waals surface area (Å²) < 4.78 is 5.41.